The van der Waals surface area contributed by atoms with Crippen molar-refractivity contribution in [2.75, 3.05) is 18.4 Å². The number of carbonyl (C=O) groups excluding carboxylic acids is 1. The Hall–Kier alpha value is -4.76. The Bertz CT molecular complexity index is 1740. The molecule has 0 fully saturated rings. The van der Waals surface area contributed by atoms with Crippen molar-refractivity contribution >= 4 is 21.4 Å². The summed E-state index contributed by atoms with van der Waals surface area (Å²) in [7, 11) is -3.41. The highest BCUT2D eigenvalue weighted by Gasteiger charge is 2.27. The molecule has 0 spiro atoms. The van der Waals surface area contributed by atoms with E-state index in [0.717, 1.165) is 11.8 Å². The number of hydrogen-bond acceptors (Lipinski definition) is 5. The molecule has 4 aromatic carbocycles. The van der Waals surface area contributed by atoms with E-state index in [1.165, 1.54) is 12.1 Å². The van der Waals surface area contributed by atoms with E-state index in [9.17, 15) is 17.6 Å². The van der Waals surface area contributed by atoms with E-state index in [1.54, 1.807) is 53.2 Å². The van der Waals surface area contributed by atoms with Gasteiger partial charge < -0.3 is 10.1 Å². The molecule has 7 nitrogen and oxygen atoms in total. The molecule has 0 saturated carbocycles. The third-order valence-corrected chi connectivity index (χ3v) is 7.40. The Morgan fingerprint density at radius 2 is 1.55 bits per heavy atom. The standard InChI is InChI=1S/C31H26FN3O4S/c1-40(37,38)27-17-15-23(16-18-27)29-28(24-11-8-14-26(19-24)39-21-32)30(31(36)33-25-12-6-3-7-13-25)35(34-29)20-22-9-4-2-5-10-22/h2-19H,20-21H2,1H3,(H,33,36). The normalized spacial score (nSPS) is 11.2. The summed E-state index contributed by atoms with van der Waals surface area (Å²) < 4.78 is 43.9. The third kappa shape index (κ3) is 5.94. The molecule has 0 aliphatic carbocycles. The first-order valence-electron chi connectivity index (χ1n) is 12.4. The minimum Gasteiger partial charge on any atom is -0.463 e. The van der Waals surface area contributed by atoms with Crippen LogP contribution in [-0.4, -0.2) is 37.2 Å². The maximum atomic E-state index is 13.9. The van der Waals surface area contributed by atoms with Crippen molar-refractivity contribution < 1.29 is 22.3 Å². The number of halogens is 1. The lowest BCUT2D eigenvalue weighted by molar-refractivity contribution is 0.101. The number of aromatic nitrogens is 2. The smallest absolute Gasteiger partial charge is 0.274 e. The first-order chi connectivity index (χ1) is 19.3. The minimum absolute atomic E-state index is 0.168. The molecule has 0 atom stereocenters. The molecule has 5 rings (SSSR count). The number of rotatable bonds is 9. The van der Waals surface area contributed by atoms with Crippen molar-refractivity contribution in [2.24, 2.45) is 0 Å². The zero-order valence-electron chi connectivity index (χ0n) is 21.6. The second kappa shape index (κ2) is 11.5. The molecule has 1 aromatic heterocycles. The highest BCUT2D eigenvalue weighted by Crippen LogP contribution is 2.37. The van der Waals surface area contributed by atoms with Crippen LogP contribution in [0.3, 0.4) is 0 Å². The fourth-order valence-corrected chi connectivity index (χ4v) is 5.05. The summed E-state index contributed by atoms with van der Waals surface area (Å²) in [6, 6.07) is 31.8. The number of nitrogens with zero attached hydrogens (tertiary/aromatic N) is 2. The van der Waals surface area contributed by atoms with E-state index in [0.29, 0.717) is 40.4 Å². The van der Waals surface area contributed by atoms with Gasteiger partial charge in [-0.05, 0) is 47.5 Å². The summed E-state index contributed by atoms with van der Waals surface area (Å²) in [5, 5.41) is 7.83. The maximum Gasteiger partial charge on any atom is 0.274 e. The van der Waals surface area contributed by atoms with Crippen molar-refractivity contribution in [1.29, 1.82) is 0 Å². The van der Waals surface area contributed by atoms with Gasteiger partial charge in [-0.25, -0.2) is 12.8 Å². The first-order valence-corrected chi connectivity index (χ1v) is 14.3. The number of benzene rings is 4. The van der Waals surface area contributed by atoms with Crippen LogP contribution in [-0.2, 0) is 16.4 Å². The van der Waals surface area contributed by atoms with Crippen LogP contribution in [0.2, 0.25) is 0 Å². The number of para-hydroxylation sites is 1. The number of amides is 1. The summed E-state index contributed by atoms with van der Waals surface area (Å²) in [5.41, 5.74) is 3.99. The van der Waals surface area contributed by atoms with Gasteiger partial charge >= 0.3 is 0 Å². The topological polar surface area (TPSA) is 90.3 Å². The van der Waals surface area contributed by atoms with Gasteiger partial charge in [0.05, 0.1) is 11.4 Å². The fourth-order valence-electron chi connectivity index (χ4n) is 4.42. The number of sulfone groups is 1. The lowest BCUT2D eigenvalue weighted by atomic mass is 9.98. The summed E-state index contributed by atoms with van der Waals surface area (Å²) >= 11 is 0. The largest absolute Gasteiger partial charge is 0.463 e. The SMILES string of the molecule is CS(=O)(=O)c1ccc(-c2nn(Cc3ccccc3)c(C(=O)Nc3ccccc3)c2-c2cccc(OCF)c2)cc1. The molecular weight excluding hydrogens is 529 g/mol. The van der Waals surface area contributed by atoms with Gasteiger partial charge in [-0.1, -0.05) is 72.8 Å². The summed E-state index contributed by atoms with van der Waals surface area (Å²) in [6.07, 6.45) is 1.14. The van der Waals surface area contributed by atoms with Crippen molar-refractivity contribution in [1.82, 2.24) is 9.78 Å². The Morgan fingerprint density at radius 1 is 0.875 bits per heavy atom. The van der Waals surface area contributed by atoms with Crippen LogP contribution in [0.4, 0.5) is 10.1 Å². The van der Waals surface area contributed by atoms with Crippen molar-refractivity contribution in [2.45, 2.75) is 11.4 Å². The van der Waals surface area contributed by atoms with Gasteiger partial charge in [-0.3, -0.25) is 9.48 Å². The number of alkyl halides is 1. The van der Waals surface area contributed by atoms with Crippen LogP contribution in [0, 0.1) is 0 Å². The molecular formula is C31H26FN3O4S. The van der Waals surface area contributed by atoms with Crippen molar-refractivity contribution in [3.05, 3.63) is 120 Å². The molecule has 0 aliphatic rings. The quantitative estimate of drug-likeness (QED) is 0.233. The Labute approximate surface area is 231 Å². The highest BCUT2D eigenvalue weighted by atomic mass is 32.2. The number of nitrogens with one attached hydrogen (secondary N) is 1. The lowest BCUT2D eigenvalue weighted by Crippen LogP contribution is -2.19. The average Bonchev–Trinajstić information content (AvgIpc) is 3.33. The minimum atomic E-state index is -3.41. The Kier molecular flexibility index (Phi) is 7.75. The average molecular weight is 556 g/mol. The molecule has 0 saturated heterocycles. The molecule has 0 radical (unpaired) electrons. The maximum absolute atomic E-state index is 13.9. The lowest BCUT2D eigenvalue weighted by Gasteiger charge is -2.12. The zero-order valence-corrected chi connectivity index (χ0v) is 22.4. The Morgan fingerprint density at radius 3 is 2.20 bits per heavy atom. The van der Waals surface area contributed by atoms with Crippen LogP contribution < -0.4 is 10.1 Å². The van der Waals surface area contributed by atoms with Gasteiger partial charge in [0.1, 0.15) is 17.1 Å². The molecule has 202 valence electrons. The highest BCUT2D eigenvalue weighted by molar-refractivity contribution is 7.90. The van der Waals surface area contributed by atoms with Crippen molar-refractivity contribution in [3.63, 3.8) is 0 Å². The van der Waals surface area contributed by atoms with Gasteiger partial charge in [0, 0.05) is 23.1 Å². The van der Waals surface area contributed by atoms with Crippen LogP contribution in [0.15, 0.2) is 114 Å². The van der Waals surface area contributed by atoms with Gasteiger partial charge in [-0.15, -0.1) is 0 Å². The van der Waals surface area contributed by atoms with Crippen LogP contribution >= 0.6 is 0 Å². The molecule has 1 N–H and O–H groups in total. The number of ether oxygens (including phenoxy) is 1. The van der Waals surface area contributed by atoms with E-state index in [2.05, 4.69) is 5.32 Å². The van der Waals surface area contributed by atoms with Gasteiger partial charge in [0.15, 0.2) is 9.84 Å². The van der Waals surface area contributed by atoms with E-state index >= 15 is 0 Å². The molecule has 9 heteroatoms. The third-order valence-electron chi connectivity index (χ3n) is 6.27. The van der Waals surface area contributed by atoms with Crippen LogP contribution in [0.1, 0.15) is 16.1 Å². The molecule has 0 aliphatic heterocycles. The Balaban J connectivity index is 1.73. The summed E-state index contributed by atoms with van der Waals surface area (Å²) in [6.45, 7) is -0.703. The van der Waals surface area contributed by atoms with E-state index in [4.69, 9.17) is 9.84 Å². The fraction of sp³-hybridized carbons (Fsp3) is 0.0968. The van der Waals surface area contributed by atoms with E-state index in [1.807, 2.05) is 48.5 Å². The molecule has 1 amide bonds. The predicted molar refractivity (Wildman–Crippen MR) is 153 cm³/mol. The summed E-state index contributed by atoms with van der Waals surface area (Å²) in [5.74, 6) is -0.0935. The first kappa shape index (κ1) is 26.8. The predicted octanol–water partition coefficient (Wildman–Crippen LogP) is 6.23. The number of hydrogen-bond donors (Lipinski definition) is 1. The van der Waals surface area contributed by atoms with E-state index < -0.39 is 16.7 Å². The van der Waals surface area contributed by atoms with Crippen LogP contribution in [0.25, 0.3) is 22.4 Å². The number of carbonyl (C=O) groups is 1. The zero-order chi connectivity index (χ0) is 28.1. The van der Waals surface area contributed by atoms with Gasteiger partial charge in [0.2, 0.25) is 6.86 Å². The van der Waals surface area contributed by atoms with Gasteiger partial charge in [-0.2, -0.15) is 5.10 Å². The van der Waals surface area contributed by atoms with Crippen molar-refractivity contribution in [3.8, 4) is 28.1 Å². The number of anilines is 1. The molecule has 40 heavy (non-hydrogen) atoms. The molecule has 0 unspecified atom stereocenters. The van der Waals surface area contributed by atoms with Crippen LogP contribution in [0.5, 0.6) is 5.75 Å². The monoisotopic (exact) mass is 555 g/mol. The molecule has 5 aromatic rings. The van der Waals surface area contributed by atoms with E-state index in [-0.39, 0.29) is 16.5 Å². The molecule has 1 heterocycles. The second-order valence-corrected chi connectivity index (χ2v) is 11.1. The summed E-state index contributed by atoms with van der Waals surface area (Å²) in [4.78, 5) is 14.1. The molecule has 0 bridgehead atoms. The second-order valence-electron chi connectivity index (χ2n) is 9.11. The van der Waals surface area contributed by atoms with Gasteiger partial charge in [0.25, 0.3) is 5.91 Å².